The van der Waals surface area contributed by atoms with Crippen LogP contribution in [0.5, 0.6) is 0 Å². The molecule has 13 aromatic carbocycles. The minimum absolute atomic E-state index is 0.123. The van der Waals surface area contributed by atoms with Crippen LogP contribution in [0.25, 0.3) is 88.3 Å². The molecular formula is C86H68N2. The van der Waals surface area contributed by atoms with E-state index in [4.69, 9.17) is 0 Å². The zero-order chi connectivity index (χ0) is 59.6. The van der Waals surface area contributed by atoms with Gasteiger partial charge in [0, 0.05) is 33.0 Å². The number of anilines is 6. The number of para-hydroxylation sites is 4. The van der Waals surface area contributed by atoms with Crippen LogP contribution < -0.4 is 9.80 Å². The maximum atomic E-state index is 2.52. The summed E-state index contributed by atoms with van der Waals surface area (Å²) < 4.78 is 0. The first-order chi connectivity index (χ1) is 42.7. The van der Waals surface area contributed by atoms with Crippen LogP contribution in [0.15, 0.2) is 267 Å². The van der Waals surface area contributed by atoms with Crippen LogP contribution in [0, 0.1) is 0 Å². The van der Waals surface area contributed by atoms with Gasteiger partial charge in [0.15, 0.2) is 0 Å². The van der Waals surface area contributed by atoms with Gasteiger partial charge in [-0.1, -0.05) is 250 Å². The highest BCUT2D eigenvalue weighted by Gasteiger charge is 2.40. The van der Waals surface area contributed by atoms with Gasteiger partial charge >= 0.3 is 0 Å². The topological polar surface area (TPSA) is 6.48 Å². The molecule has 88 heavy (non-hydrogen) atoms. The molecule has 0 aromatic heterocycles. The van der Waals surface area contributed by atoms with Crippen molar-refractivity contribution >= 4 is 55.7 Å². The third-order valence-electron chi connectivity index (χ3n) is 21.0. The van der Waals surface area contributed by atoms with Crippen molar-refractivity contribution in [3.05, 3.63) is 311 Å². The molecule has 422 valence electrons. The largest absolute Gasteiger partial charge is 0.310 e. The molecule has 4 aliphatic rings. The summed E-state index contributed by atoms with van der Waals surface area (Å²) in [5.41, 5.74) is 32.2. The number of hydrogen-bond donors (Lipinski definition) is 0. The molecule has 2 aliphatic heterocycles. The number of benzene rings is 13. The Bertz CT molecular complexity index is 4700. The van der Waals surface area contributed by atoms with E-state index in [1.54, 1.807) is 0 Å². The van der Waals surface area contributed by atoms with Crippen LogP contribution in [0.2, 0.25) is 0 Å². The molecule has 0 atom stereocenters. The van der Waals surface area contributed by atoms with E-state index in [1.807, 2.05) is 0 Å². The maximum Gasteiger partial charge on any atom is 0.0502 e. The summed E-state index contributed by atoms with van der Waals surface area (Å²) in [6.07, 6.45) is 0. The molecule has 0 bridgehead atoms. The molecule has 2 heterocycles. The Hall–Kier alpha value is -10.0. The molecular weight excluding hydrogens is 1060 g/mol. The van der Waals surface area contributed by atoms with Crippen molar-refractivity contribution < 1.29 is 0 Å². The van der Waals surface area contributed by atoms with Crippen molar-refractivity contribution in [3.8, 4) is 66.8 Å². The number of nitrogens with zero attached hydrogens (tertiary/aromatic N) is 2. The first kappa shape index (κ1) is 52.3. The molecule has 13 aromatic rings. The second-order valence-electron chi connectivity index (χ2n) is 27.2. The molecule has 0 saturated carbocycles. The highest BCUT2D eigenvalue weighted by Crippen LogP contribution is 2.57. The SMILES string of the molecule is CC1(C)c2ccccc2-c2ccc(-c3cccc(-c4c5ccc(N6c7ccccc7C(C)(C)c7ccccc76)cc5c(-c5cccc(-c6ccc7c(c6)C(C)(C)c6ccccc6-7)c5)c5ccc(N6c7ccccc7C(C)(C)c7ccccc76)cc45)c3)cc21. The maximum absolute atomic E-state index is 2.52. The summed E-state index contributed by atoms with van der Waals surface area (Å²) in [6, 6.07) is 102. The Labute approximate surface area is 517 Å². The second-order valence-corrected chi connectivity index (χ2v) is 27.2. The van der Waals surface area contributed by atoms with Gasteiger partial charge in [0.2, 0.25) is 0 Å². The van der Waals surface area contributed by atoms with Gasteiger partial charge in [-0.3, -0.25) is 0 Å². The zero-order valence-corrected chi connectivity index (χ0v) is 51.3. The Morgan fingerprint density at radius 2 is 0.500 bits per heavy atom. The highest BCUT2D eigenvalue weighted by atomic mass is 15.2. The van der Waals surface area contributed by atoms with Crippen LogP contribution >= 0.6 is 0 Å². The molecule has 0 spiro atoms. The lowest BCUT2D eigenvalue weighted by molar-refractivity contribution is 0.632. The average Bonchev–Trinajstić information content (AvgIpc) is 0.915. The molecule has 2 nitrogen and oxygen atoms in total. The Morgan fingerprint density at radius 3 is 0.875 bits per heavy atom. The van der Waals surface area contributed by atoms with E-state index >= 15 is 0 Å². The van der Waals surface area contributed by atoms with Crippen molar-refractivity contribution in [1.29, 1.82) is 0 Å². The van der Waals surface area contributed by atoms with Gasteiger partial charge in [-0.15, -0.1) is 0 Å². The van der Waals surface area contributed by atoms with E-state index in [0.29, 0.717) is 0 Å². The van der Waals surface area contributed by atoms with Crippen molar-refractivity contribution in [2.75, 3.05) is 9.80 Å². The average molecular weight is 1130 g/mol. The molecule has 17 rings (SSSR count). The fourth-order valence-corrected chi connectivity index (χ4v) is 16.5. The molecule has 2 aliphatic carbocycles. The van der Waals surface area contributed by atoms with Gasteiger partial charge in [-0.05, 0) is 206 Å². The standard InChI is InChI=1S/C86H68N2/c1-83(2)69-29-11-9-27-61(69)63-43-39-55(49-75(63)83)53-23-21-25-57(47-53)81-65-45-41-60(88-79-37-19-15-33-73(79)86(7,8)74-34-16-20-38-80(74)88)52-68(65)82(58-26-22-24-54(48-58)56-40-44-64-62-28-10-12-30-70(62)84(3,4)76(64)50-56)66-46-42-59(51-67(66)81)87-77-35-17-13-31-71(77)85(5,6)72-32-14-18-36-78(72)87/h9-52H,1-8H3. The fraction of sp³-hybridized carbons (Fsp3) is 0.140. The summed E-state index contributed by atoms with van der Waals surface area (Å²) in [5.74, 6) is 0. The second kappa shape index (κ2) is 18.7. The van der Waals surface area contributed by atoms with Crippen LogP contribution in [0.3, 0.4) is 0 Å². The predicted octanol–water partition coefficient (Wildman–Crippen LogP) is 23.5. The molecule has 0 N–H and O–H groups in total. The molecule has 0 amide bonds. The van der Waals surface area contributed by atoms with E-state index in [0.717, 1.165) is 11.4 Å². The van der Waals surface area contributed by atoms with Crippen molar-refractivity contribution in [1.82, 2.24) is 0 Å². The number of fused-ring (bicyclic) bond motifs is 12. The van der Waals surface area contributed by atoms with Crippen molar-refractivity contribution in [2.45, 2.75) is 77.0 Å². The van der Waals surface area contributed by atoms with Crippen LogP contribution in [-0.2, 0) is 21.7 Å². The normalized spacial score (nSPS) is 15.6. The minimum atomic E-state index is -0.197. The third kappa shape index (κ3) is 7.42. The quantitative estimate of drug-likeness (QED) is 0.153. The Balaban J connectivity index is 0.945. The van der Waals surface area contributed by atoms with Crippen molar-refractivity contribution in [3.63, 3.8) is 0 Å². The summed E-state index contributed by atoms with van der Waals surface area (Å²) in [6.45, 7) is 19.0. The molecule has 0 radical (unpaired) electrons. The first-order valence-electron chi connectivity index (χ1n) is 31.4. The third-order valence-corrected chi connectivity index (χ3v) is 21.0. The summed E-state index contributed by atoms with van der Waals surface area (Å²) in [7, 11) is 0. The zero-order valence-electron chi connectivity index (χ0n) is 51.3. The fourth-order valence-electron chi connectivity index (χ4n) is 16.5. The first-order valence-corrected chi connectivity index (χ1v) is 31.4. The van der Waals surface area contributed by atoms with E-state index in [9.17, 15) is 0 Å². The minimum Gasteiger partial charge on any atom is -0.310 e. The summed E-state index contributed by atoms with van der Waals surface area (Å²) in [5, 5.41) is 4.81. The molecule has 2 heteroatoms. The lowest BCUT2D eigenvalue weighted by Gasteiger charge is -2.42. The van der Waals surface area contributed by atoms with Gasteiger partial charge < -0.3 is 9.80 Å². The van der Waals surface area contributed by atoms with E-state index in [1.165, 1.54) is 156 Å². The van der Waals surface area contributed by atoms with Crippen molar-refractivity contribution in [2.24, 2.45) is 0 Å². The van der Waals surface area contributed by atoms with Gasteiger partial charge in [0.05, 0.1) is 22.7 Å². The molecule has 0 saturated heterocycles. The summed E-state index contributed by atoms with van der Waals surface area (Å²) in [4.78, 5) is 5.04. The van der Waals surface area contributed by atoms with Crippen LogP contribution in [0.1, 0.15) is 99.9 Å². The monoisotopic (exact) mass is 1130 g/mol. The van der Waals surface area contributed by atoms with E-state index in [2.05, 4.69) is 332 Å². The Kier molecular flexibility index (Phi) is 11.1. The van der Waals surface area contributed by atoms with Gasteiger partial charge in [-0.25, -0.2) is 0 Å². The predicted molar refractivity (Wildman–Crippen MR) is 372 cm³/mol. The summed E-state index contributed by atoms with van der Waals surface area (Å²) >= 11 is 0. The van der Waals surface area contributed by atoms with Gasteiger partial charge in [-0.2, -0.15) is 0 Å². The Morgan fingerprint density at radius 1 is 0.205 bits per heavy atom. The van der Waals surface area contributed by atoms with Crippen LogP contribution in [0.4, 0.5) is 34.1 Å². The van der Waals surface area contributed by atoms with Gasteiger partial charge in [0.25, 0.3) is 0 Å². The molecule has 0 fully saturated rings. The number of hydrogen-bond acceptors (Lipinski definition) is 2. The smallest absolute Gasteiger partial charge is 0.0502 e. The molecule has 0 unspecified atom stereocenters. The van der Waals surface area contributed by atoms with E-state index < -0.39 is 0 Å². The van der Waals surface area contributed by atoms with Gasteiger partial charge in [0.1, 0.15) is 0 Å². The van der Waals surface area contributed by atoms with Crippen LogP contribution in [-0.4, -0.2) is 0 Å². The lowest BCUT2D eigenvalue weighted by Crippen LogP contribution is -2.30. The number of rotatable bonds is 6. The van der Waals surface area contributed by atoms with E-state index in [-0.39, 0.29) is 21.7 Å². The highest BCUT2D eigenvalue weighted by molar-refractivity contribution is 6.23. The lowest BCUT2D eigenvalue weighted by atomic mass is 9.73.